The lowest BCUT2D eigenvalue weighted by Gasteiger charge is -2.36. The number of nitrogens with one attached hydrogen (secondary N) is 1. The van der Waals surface area contributed by atoms with E-state index in [-0.39, 0.29) is 18.4 Å². The second-order valence-electron chi connectivity index (χ2n) is 8.30. The van der Waals surface area contributed by atoms with Crippen molar-refractivity contribution >= 4 is 23.2 Å². The standard InChI is InChI=1S/C27H29N3O3/c1-20-8-13-25(21(2)18-20)33-19-26(31)28-23-9-11-24(12-10-23)29-14-16-30(17-15-29)27(32)22-6-4-3-5-7-22/h3-13,18H,14-17,19H2,1-2H3,(H,28,31). The largest absolute Gasteiger partial charge is 0.483 e. The molecule has 0 atom stereocenters. The Bertz CT molecular complexity index is 1110. The molecule has 1 N–H and O–H groups in total. The van der Waals surface area contributed by atoms with Crippen molar-refractivity contribution in [2.75, 3.05) is 43.0 Å². The summed E-state index contributed by atoms with van der Waals surface area (Å²) in [5.41, 5.74) is 4.70. The van der Waals surface area contributed by atoms with Gasteiger partial charge in [-0.25, -0.2) is 0 Å². The minimum Gasteiger partial charge on any atom is -0.483 e. The van der Waals surface area contributed by atoms with E-state index in [9.17, 15) is 9.59 Å². The van der Waals surface area contributed by atoms with E-state index in [0.29, 0.717) is 13.1 Å². The van der Waals surface area contributed by atoms with Crippen molar-refractivity contribution in [3.8, 4) is 5.75 Å². The molecule has 1 saturated heterocycles. The first-order chi connectivity index (χ1) is 16.0. The van der Waals surface area contributed by atoms with Gasteiger partial charge in [-0.2, -0.15) is 0 Å². The van der Waals surface area contributed by atoms with Crippen molar-refractivity contribution in [3.05, 3.63) is 89.5 Å². The number of ether oxygens (including phenoxy) is 1. The zero-order valence-corrected chi connectivity index (χ0v) is 19.1. The van der Waals surface area contributed by atoms with Crippen molar-refractivity contribution in [1.82, 2.24) is 4.90 Å². The SMILES string of the molecule is Cc1ccc(OCC(=O)Nc2ccc(N3CCN(C(=O)c4ccccc4)CC3)cc2)c(C)c1. The Kier molecular flexibility index (Phi) is 6.93. The van der Waals surface area contributed by atoms with Crippen LogP contribution in [-0.2, 0) is 4.79 Å². The molecule has 1 fully saturated rings. The van der Waals surface area contributed by atoms with Gasteiger partial charge in [-0.15, -0.1) is 0 Å². The Labute approximate surface area is 194 Å². The molecule has 170 valence electrons. The number of rotatable bonds is 6. The van der Waals surface area contributed by atoms with Crippen molar-refractivity contribution in [2.24, 2.45) is 0 Å². The molecule has 1 aliphatic rings. The molecule has 6 nitrogen and oxygen atoms in total. The van der Waals surface area contributed by atoms with Gasteiger partial charge in [0, 0.05) is 43.1 Å². The minimum absolute atomic E-state index is 0.0386. The van der Waals surface area contributed by atoms with Gasteiger partial charge < -0.3 is 19.9 Å². The number of hydrogen-bond donors (Lipinski definition) is 1. The van der Waals surface area contributed by atoms with Crippen LogP contribution in [0, 0.1) is 13.8 Å². The van der Waals surface area contributed by atoms with Crippen LogP contribution in [0.1, 0.15) is 21.5 Å². The molecule has 2 amide bonds. The van der Waals surface area contributed by atoms with Crippen LogP contribution in [0.2, 0.25) is 0 Å². The van der Waals surface area contributed by atoms with E-state index < -0.39 is 0 Å². The van der Waals surface area contributed by atoms with Crippen LogP contribution in [0.5, 0.6) is 5.75 Å². The lowest BCUT2D eigenvalue weighted by atomic mass is 10.1. The summed E-state index contributed by atoms with van der Waals surface area (Å²) in [5, 5.41) is 2.88. The number of aryl methyl sites for hydroxylation is 2. The quantitative estimate of drug-likeness (QED) is 0.618. The Hall–Kier alpha value is -3.80. The topological polar surface area (TPSA) is 61.9 Å². The van der Waals surface area contributed by atoms with Gasteiger partial charge in [-0.3, -0.25) is 9.59 Å². The van der Waals surface area contributed by atoms with E-state index in [1.54, 1.807) is 0 Å². The maximum Gasteiger partial charge on any atom is 0.262 e. The lowest BCUT2D eigenvalue weighted by Crippen LogP contribution is -2.48. The Morgan fingerprint density at radius 1 is 0.879 bits per heavy atom. The van der Waals surface area contributed by atoms with Gasteiger partial charge in [-0.1, -0.05) is 35.9 Å². The van der Waals surface area contributed by atoms with Crippen LogP contribution in [0.4, 0.5) is 11.4 Å². The molecular formula is C27H29N3O3. The predicted octanol–water partition coefficient (Wildman–Crippen LogP) is 4.28. The third kappa shape index (κ3) is 5.71. The zero-order chi connectivity index (χ0) is 23.2. The number of nitrogens with zero attached hydrogens (tertiary/aromatic N) is 2. The van der Waals surface area contributed by atoms with Crippen LogP contribution in [0.15, 0.2) is 72.8 Å². The zero-order valence-electron chi connectivity index (χ0n) is 19.1. The molecule has 33 heavy (non-hydrogen) atoms. The molecule has 0 unspecified atom stereocenters. The van der Waals surface area contributed by atoms with Crippen LogP contribution in [0.25, 0.3) is 0 Å². The van der Waals surface area contributed by atoms with Crippen LogP contribution < -0.4 is 15.0 Å². The fourth-order valence-corrected chi connectivity index (χ4v) is 3.99. The van der Waals surface area contributed by atoms with E-state index in [1.165, 1.54) is 0 Å². The second kappa shape index (κ2) is 10.2. The molecule has 1 heterocycles. The number of carbonyl (C=O) groups is 2. The van der Waals surface area contributed by atoms with E-state index in [4.69, 9.17) is 4.74 Å². The van der Waals surface area contributed by atoms with Gasteiger partial charge in [0.1, 0.15) is 5.75 Å². The maximum absolute atomic E-state index is 12.6. The molecule has 1 aliphatic heterocycles. The molecule has 0 bridgehead atoms. The Morgan fingerprint density at radius 3 is 2.24 bits per heavy atom. The normalized spacial score (nSPS) is 13.5. The van der Waals surface area contributed by atoms with Crippen molar-refractivity contribution < 1.29 is 14.3 Å². The molecule has 4 rings (SSSR count). The van der Waals surface area contributed by atoms with E-state index in [1.807, 2.05) is 91.5 Å². The minimum atomic E-state index is -0.198. The Morgan fingerprint density at radius 2 is 1.58 bits per heavy atom. The second-order valence-corrected chi connectivity index (χ2v) is 8.30. The monoisotopic (exact) mass is 443 g/mol. The first-order valence-corrected chi connectivity index (χ1v) is 11.2. The summed E-state index contributed by atoms with van der Waals surface area (Å²) >= 11 is 0. The number of piperazine rings is 1. The van der Waals surface area contributed by atoms with Gasteiger partial charge in [0.2, 0.25) is 0 Å². The van der Waals surface area contributed by atoms with E-state index >= 15 is 0 Å². The highest BCUT2D eigenvalue weighted by atomic mass is 16.5. The summed E-state index contributed by atoms with van der Waals surface area (Å²) < 4.78 is 5.65. The third-order valence-corrected chi connectivity index (χ3v) is 5.79. The summed E-state index contributed by atoms with van der Waals surface area (Å²) in [4.78, 5) is 29.1. The predicted molar refractivity (Wildman–Crippen MR) is 131 cm³/mol. The molecule has 0 saturated carbocycles. The molecule has 0 radical (unpaired) electrons. The third-order valence-electron chi connectivity index (χ3n) is 5.79. The fraction of sp³-hybridized carbons (Fsp3) is 0.259. The van der Waals surface area contributed by atoms with Gasteiger partial charge in [0.15, 0.2) is 6.61 Å². The first-order valence-electron chi connectivity index (χ1n) is 11.2. The van der Waals surface area contributed by atoms with Gasteiger partial charge in [-0.05, 0) is 61.9 Å². The number of hydrogen-bond acceptors (Lipinski definition) is 4. The molecule has 0 aromatic heterocycles. The number of benzene rings is 3. The highest BCUT2D eigenvalue weighted by Crippen LogP contribution is 2.21. The first kappa shape index (κ1) is 22.4. The van der Waals surface area contributed by atoms with Crippen LogP contribution in [0.3, 0.4) is 0 Å². The van der Waals surface area contributed by atoms with E-state index in [0.717, 1.165) is 46.9 Å². The fourth-order valence-electron chi connectivity index (χ4n) is 3.99. The van der Waals surface area contributed by atoms with E-state index in [2.05, 4.69) is 10.2 Å². The molecular weight excluding hydrogens is 414 g/mol. The van der Waals surface area contributed by atoms with Crippen LogP contribution >= 0.6 is 0 Å². The van der Waals surface area contributed by atoms with Gasteiger partial charge >= 0.3 is 0 Å². The smallest absolute Gasteiger partial charge is 0.262 e. The summed E-state index contributed by atoms with van der Waals surface area (Å²) in [6.45, 7) is 6.86. The summed E-state index contributed by atoms with van der Waals surface area (Å²) in [7, 11) is 0. The summed E-state index contributed by atoms with van der Waals surface area (Å²) in [6, 6.07) is 23.1. The molecule has 0 aliphatic carbocycles. The Balaban J connectivity index is 1.26. The molecule has 0 spiro atoms. The van der Waals surface area contributed by atoms with Crippen LogP contribution in [-0.4, -0.2) is 49.5 Å². The molecule has 6 heteroatoms. The highest BCUT2D eigenvalue weighted by molar-refractivity contribution is 5.94. The number of amides is 2. The van der Waals surface area contributed by atoms with Crippen molar-refractivity contribution in [1.29, 1.82) is 0 Å². The molecule has 3 aromatic rings. The summed E-state index contributed by atoms with van der Waals surface area (Å²) in [6.07, 6.45) is 0. The van der Waals surface area contributed by atoms with Gasteiger partial charge in [0.05, 0.1) is 0 Å². The van der Waals surface area contributed by atoms with Crippen molar-refractivity contribution in [3.63, 3.8) is 0 Å². The molecule has 3 aromatic carbocycles. The highest BCUT2D eigenvalue weighted by Gasteiger charge is 2.22. The number of carbonyl (C=O) groups excluding carboxylic acids is 2. The van der Waals surface area contributed by atoms with Crippen molar-refractivity contribution in [2.45, 2.75) is 13.8 Å². The maximum atomic E-state index is 12.6. The van der Waals surface area contributed by atoms with Gasteiger partial charge in [0.25, 0.3) is 11.8 Å². The summed E-state index contributed by atoms with van der Waals surface area (Å²) in [5.74, 6) is 0.600. The lowest BCUT2D eigenvalue weighted by molar-refractivity contribution is -0.118. The number of anilines is 2. The average molecular weight is 444 g/mol. The average Bonchev–Trinajstić information content (AvgIpc) is 2.84.